The number of piperazine rings is 1. The Balaban J connectivity index is 1.43. The average molecular weight is 615 g/mol. The van der Waals surface area contributed by atoms with Gasteiger partial charge in [0, 0.05) is 49.4 Å². The Hall–Kier alpha value is -4.65. The van der Waals surface area contributed by atoms with Crippen LogP contribution < -0.4 is 25.2 Å². The second kappa shape index (κ2) is 12.3. The zero-order valence-electron chi connectivity index (χ0n) is 23.6. The van der Waals surface area contributed by atoms with E-state index in [0.717, 1.165) is 0 Å². The summed E-state index contributed by atoms with van der Waals surface area (Å²) in [5.41, 5.74) is -0.412. The molecule has 0 bridgehead atoms. The number of nitrogens with zero attached hydrogens (tertiary/aromatic N) is 4. The van der Waals surface area contributed by atoms with Crippen molar-refractivity contribution in [3.8, 4) is 17.4 Å². The van der Waals surface area contributed by atoms with Crippen LogP contribution in [0, 0.1) is 0 Å². The highest BCUT2D eigenvalue weighted by Crippen LogP contribution is 2.36. The fourth-order valence-corrected chi connectivity index (χ4v) is 4.66. The summed E-state index contributed by atoms with van der Waals surface area (Å²) in [6.07, 6.45) is 1.01. The van der Waals surface area contributed by atoms with Crippen molar-refractivity contribution in [3.05, 3.63) is 70.1 Å². The molecular formula is C29H29ClF2N6O5. The molecule has 1 saturated heterocycles. The Morgan fingerprint density at radius 3 is 2.51 bits per heavy atom. The van der Waals surface area contributed by atoms with Gasteiger partial charge in [-0.1, -0.05) is 23.7 Å². The highest BCUT2D eigenvalue weighted by Gasteiger charge is 2.27. The van der Waals surface area contributed by atoms with Gasteiger partial charge in [0.1, 0.15) is 17.2 Å². The van der Waals surface area contributed by atoms with Crippen LogP contribution in [-0.4, -0.2) is 64.6 Å². The van der Waals surface area contributed by atoms with Gasteiger partial charge >= 0.3 is 12.7 Å². The van der Waals surface area contributed by atoms with Crippen molar-refractivity contribution in [2.45, 2.75) is 33.0 Å². The number of para-hydroxylation sites is 1. The highest BCUT2D eigenvalue weighted by atomic mass is 35.5. The maximum atomic E-state index is 13.5. The second-order valence-corrected chi connectivity index (χ2v) is 11.1. The van der Waals surface area contributed by atoms with E-state index in [4.69, 9.17) is 25.8 Å². The molecule has 1 fully saturated rings. The van der Waals surface area contributed by atoms with Gasteiger partial charge in [-0.05, 0) is 45.0 Å². The van der Waals surface area contributed by atoms with E-state index in [1.807, 2.05) is 4.90 Å². The van der Waals surface area contributed by atoms with Gasteiger partial charge in [0.25, 0.3) is 5.56 Å². The van der Waals surface area contributed by atoms with Gasteiger partial charge in [-0.25, -0.2) is 9.89 Å². The number of carbonyl (C=O) groups is 1. The lowest BCUT2D eigenvalue weighted by molar-refractivity contribution is -0.0493. The molecule has 14 heteroatoms. The third-order valence-corrected chi connectivity index (χ3v) is 6.72. The Labute approximate surface area is 250 Å². The van der Waals surface area contributed by atoms with Crippen molar-refractivity contribution < 1.29 is 27.8 Å². The highest BCUT2D eigenvalue weighted by molar-refractivity contribution is 6.32. The SMILES string of the molecule is CC(C)(C)OC(=O)N1CCN(c2ccc(Nc3nc(Oc4ccccc4Cl)cc4cn[nH]c(=O)c34)c(OC(F)F)c2)CC1. The molecule has 0 unspecified atom stereocenters. The summed E-state index contributed by atoms with van der Waals surface area (Å²) in [7, 11) is 0. The Bertz CT molecular complexity index is 1690. The Morgan fingerprint density at radius 2 is 1.81 bits per heavy atom. The molecule has 2 aromatic carbocycles. The molecular weight excluding hydrogens is 586 g/mol. The van der Waals surface area contributed by atoms with E-state index in [-0.39, 0.29) is 28.5 Å². The number of H-pyrrole nitrogens is 1. The monoisotopic (exact) mass is 614 g/mol. The zero-order valence-corrected chi connectivity index (χ0v) is 24.3. The largest absolute Gasteiger partial charge is 0.444 e. The first-order valence-electron chi connectivity index (χ1n) is 13.4. The second-order valence-electron chi connectivity index (χ2n) is 10.6. The fraction of sp³-hybridized carbons (Fsp3) is 0.310. The van der Waals surface area contributed by atoms with E-state index in [1.54, 1.807) is 62.1 Å². The number of aromatic nitrogens is 3. The standard InChI is InChI=1S/C29H29ClF2N6O5/c1-29(2,3)43-28(40)38-12-10-37(11-13-38)18-8-9-20(22(15-18)42-27(31)32)34-25-24-17(16-33-36-26(24)39)14-23(35-25)41-21-7-5-4-6-19(21)30/h4-9,14-16,27H,10-13H2,1-3H3,(H,34,35)(H,36,39). The number of carbonyl (C=O) groups excluding carboxylic acids is 1. The van der Waals surface area contributed by atoms with Crippen LogP contribution in [0.4, 0.5) is 30.8 Å². The van der Waals surface area contributed by atoms with Crippen LogP contribution in [0.5, 0.6) is 17.4 Å². The van der Waals surface area contributed by atoms with E-state index in [0.29, 0.717) is 48.0 Å². The molecule has 0 spiro atoms. The first kappa shape index (κ1) is 29.8. The maximum absolute atomic E-state index is 13.5. The minimum atomic E-state index is -3.12. The number of hydrogen-bond acceptors (Lipinski definition) is 9. The molecule has 1 amide bonds. The molecule has 1 aliphatic rings. The van der Waals surface area contributed by atoms with Crippen LogP contribution in [0.2, 0.25) is 5.02 Å². The quantitative estimate of drug-likeness (QED) is 0.252. The van der Waals surface area contributed by atoms with Crippen LogP contribution in [0.3, 0.4) is 0 Å². The predicted octanol–water partition coefficient (Wildman–Crippen LogP) is 6.17. The first-order chi connectivity index (χ1) is 20.5. The third-order valence-electron chi connectivity index (χ3n) is 6.41. The molecule has 0 radical (unpaired) electrons. The number of fused-ring (bicyclic) bond motifs is 1. The lowest BCUT2D eigenvalue weighted by atomic mass is 10.2. The topological polar surface area (TPSA) is 122 Å². The van der Waals surface area contributed by atoms with Crippen LogP contribution in [-0.2, 0) is 4.74 Å². The number of halogens is 3. The minimum Gasteiger partial charge on any atom is -0.444 e. The van der Waals surface area contributed by atoms with Gasteiger partial charge in [0.05, 0.1) is 22.3 Å². The number of ether oxygens (including phenoxy) is 3. The van der Waals surface area contributed by atoms with Gasteiger partial charge in [-0.2, -0.15) is 18.9 Å². The third kappa shape index (κ3) is 7.23. The summed E-state index contributed by atoms with van der Waals surface area (Å²) in [5, 5.41) is 10.0. The summed E-state index contributed by atoms with van der Waals surface area (Å²) in [6.45, 7) is 3.98. The van der Waals surface area contributed by atoms with Crippen molar-refractivity contribution in [1.29, 1.82) is 0 Å². The lowest BCUT2D eigenvalue weighted by Gasteiger charge is -2.37. The molecule has 43 heavy (non-hydrogen) atoms. The number of alkyl halides is 2. The summed E-state index contributed by atoms with van der Waals surface area (Å²) in [5.74, 6) is 0.282. The Kier molecular flexibility index (Phi) is 8.53. The molecule has 0 aliphatic carbocycles. The van der Waals surface area contributed by atoms with Crippen molar-refractivity contribution in [2.75, 3.05) is 36.4 Å². The molecule has 0 atom stereocenters. The van der Waals surface area contributed by atoms with Crippen LogP contribution >= 0.6 is 11.6 Å². The molecule has 2 aromatic heterocycles. The van der Waals surface area contributed by atoms with E-state index < -0.39 is 23.9 Å². The van der Waals surface area contributed by atoms with E-state index in [2.05, 4.69) is 20.5 Å². The first-order valence-corrected chi connectivity index (χ1v) is 13.7. The molecule has 0 saturated carbocycles. The Morgan fingerprint density at radius 1 is 1.07 bits per heavy atom. The van der Waals surface area contributed by atoms with Crippen molar-refractivity contribution in [2.24, 2.45) is 0 Å². The number of rotatable bonds is 7. The number of hydrogen-bond donors (Lipinski definition) is 2. The summed E-state index contributed by atoms with van der Waals surface area (Å²) in [6, 6.07) is 13.0. The number of benzene rings is 2. The summed E-state index contributed by atoms with van der Waals surface area (Å²) in [4.78, 5) is 33.2. The smallest absolute Gasteiger partial charge is 0.410 e. The van der Waals surface area contributed by atoms with Crippen LogP contribution in [0.15, 0.2) is 59.5 Å². The summed E-state index contributed by atoms with van der Waals surface area (Å²) >= 11 is 6.23. The van der Waals surface area contributed by atoms with Crippen molar-refractivity contribution >= 4 is 45.7 Å². The van der Waals surface area contributed by atoms with E-state index in [1.165, 1.54) is 18.3 Å². The minimum absolute atomic E-state index is 0.0287. The van der Waals surface area contributed by atoms with E-state index >= 15 is 0 Å². The normalized spacial score (nSPS) is 13.7. The van der Waals surface area contributed by atoms with Gasteiger partial charge in [-0.15, -0.1) is 0 Å². The predicted molar refractivity (Wildman–Crippen MR) is 158 cm³/mol. The van der Waals surface area contributed by atoms with Crippen molar-refractivity contribution in [1.82, 2.24) is 20.1 Å². The van der Waals surface area contributed by atoms with Crippen LogP contribution in [0.1, 0.15) is 20.8 Å². The molecule has 11 nitrogen and oxygen atoms in total. The number of amides is 1. The molecule has 3 heterocycles. The van der Waals surface area contributed by atoms with E-state index in [9.17, 15) is 18.4 Å². The maximum Gasteiger partial charge on any atom is 0.410 e. The van der Waals surface area contributed by atoms with Gasteiger partial charge in [0.2, 0.25) is 5.88 Å². The number of pyridine rings is 1. The average Bonchev–Trinajstić information content (AvgIpc) is 2.94. The lowest BCUT2D eigenvalue weighted by Crippen LogP contribution is -2.50. The number of anilines is 3. The van der Waals surface area contributed by atoms with Gasteiger partial charge < -0.3 is 29.3 Å². The molecule has 4 aromatic rings. The van der Waals surface area contributed by atoms with Gasteiger partial charge in [-0.3, -0.25) is 4.79 Å². The molecule has 1 aliphatic heterocycles. The summed E-state index contributed by atoms with van der Waals surface area (Å²) < 4.78 is 43.2. The number of nitrogens with one attached hydrogen (secondary N) is 2. The van der Waals surface area contributed by atoms with Gasteiger partial charge in [0.15, 0.2) is 5.75 Å². The van der Waals surface area contributed by atoms with Crippen LogP contribution in [0.25, 0.3) is 10.8 Å². The molecule has 226 valence electrons. The molecule has 2 N–H and O–H groups in total. The molecule has 5 rings (SSSR count). The van der Waals surface area contributed by atoms with Crippen molar-refractivity contribution in [3.63, 3.8) is 0 Å². The number of aromatic amines is 1. The fourth-order valence-electron chi connectivity index (χ4n) is 4.49. The zero-order chi connectivity index (χ0) is 30.7.